The number of carbonyl (C=O) groups is 1. The third kappa shape index (κ3) is 1.48. The summed E-state index contributed by atoms with van der Waals surface area (Å²) in [7, 11) is 0. The molecule has 3 nitrogen and oxygen atoms in total. The largest absolute Gasteiger partial charge is 0.435 e. The molecule has 0 unspecified atom stereocenters. The van der Waals surface area contributed by atoms with Gasteiger partial charge in [-0.3, -0.25) is 4.79 Å². The molecule has 0 aromatic heterocycles. The van der Waals surface area contributed by atoms with E-state index in [0.717, 1.165) is 6.42 Å². The first-order chi connectivity index (χ1) is 6.78. The lowest BCUT2D eigenvalue weighted by Crippen LogP contribution is -2.49. The highest BCUT2D eigenvalue weighted by molar-refractivity contribution is 5.82. The molecule has 1 aliphatic heterocycles. The predicted molar refractivity (Wildman–Crippen MR) is 56.1 cm³/mol. The van der Waals surface area contributed by atoms with Gasteiger partial charge in [0.1, 0.15) is 0 Å². The van der Waals surface area contributed by atoms with Crippen molar-refractivity contribution in [3.05, 3.63) is 0 Å². The molecule has 4 atom stereocenters. The van der Waals surface area contributed by atoms with Crippen LogP contribution in [0.1, 0.15) is 41.0 Å². The smallest absolute Gasteiger partial charge is 0.317 e. The molecule has 2 fully saturated rings. The van der Waals surface area contributed by atoms with E-state index in [1.807, 2.05) is 27.7 Å². The first kappa shape index (κ1) is 10.9. The predicted octanol–water partition coefficient (Wildman–Crippen LogP) is 2.35. The first-order valence-corrected chi connectivity index (χ1v) is 5.65. The standard InChI is InChI=1S/C12H20O3/c1-7-6-12(7)8(2)14-10(11(3,4)5)15-9(12)13/h7-8,10H,6H2,1-5H3/t7-,8-,10-,12-/m1/s1. The second kappa shape index (κ2) is 2.97. The highest BCUT2D eigenvalue weighted by Crippen LogP contribution is 2.59. The van der Waals surface area contributed by atoms with Gasteiger partial charge in [0.25, 0.3) is 0 Å². The third-order valence-electron chi connectivity index (χ3n) is 3.72. The molecule has 1 spiro atoms. The van der Waals surface area contributed by atoms with E-state index >= 15 is 0 Å². The minimum absolute atomic E-state index is 0.0158. The molecule has 0 N–H and O–H groups in total. The zero-order chi connectivity index (χ0) is 11.4. The van der Waals surface area contributed by atoms with E-state index in [1.165, 1.54) is 0 Å². The van der Waals surface area contributed by atoms with Gasteiger partial charge in [-0.25, -0.2) is 0 Å². The van der Waals surface area contributed by atoms with Crippen molar-refractivity contribution in [2.45, 2.75) is 53.4 Å². The summed E-state index contributed by atoms with van der Waals surface area (Å²) in [4.78, 5) is 12.0. The maximum absolute atomic E-state index is 12.0. The van der Waals surface area contributed by atoms with Crippen molar-refractivity contribution in [2.24, 2.45) is 16.7 Å². The molecule has 1 saturated carbocycles. The molecule has 0 radical (unpaired) electrons. The summed E-state index contributed by atoms with van der Waals surface area (Å²) >= 11 is 0. The van der Waals surface area contributed by atoms with Crippen molar-refractivity contribution in [1.82, 2.24) is 0 Å². The van der Waals surface area contributed by atoms with Crippen molar-refractivity contribution in [1.29, 1.82) is 0 Å². The second-order valence-electron chi connectivity index (χ2n) is 6.03. The molecule has 3 heteroatoms. The molecule has 1 saturated heterocycles. The molecule has 0 bridgehead atoms. The fourth-order valence-electron chi connectivity index (χ4n) is 2.39. The van der Waals surface area contributed by atoms with E-state index in [-0.39, 0.29) is 22.9 Å². The molecule has 0 aromatic rings. The molecule has 86 valence electrons. The average molecular weight is 212 g/mol. The van der Waals surface area contributed by atoms with E-state index in [4.69, 9.17) is 9.47 Å². The van der Waals surface area contributed by atoms with Crippen molar-refractivity contribution in [3.63, 3.8) is 0 Å². The van der Waals surface area contributed by atoms with E-state index in [1.54, 1.807) is 0 Å². The lowest BCUT2D eigenvalue weighted by molar-refractivity contribution is -0.260. The zero-order valence-electron chi connectivity index (χ0n) is 10.2. The minimum atomic E-state index is -0.404. The molecule has 1 heterocycles. The van der Waals surface area contributed by atoms with Crippen LogP contribution in [-0.4, -0.2) is 18.4 Å². The van der Waals surface area contributed by atoms with Crippen LogP contribution in [0.2, 0.25) is 0 Å². The number of hydrogen-bond acceptors (Lipinski definition) is 3. The van der Waals surface area contributed by atoms with Crippen LogP contribution < -0.4 is 0 Å². The Kier molecular flexibility index (Phi) is 2.16. The zero-order valence-corrected chi connectivity index (χ0v) is 10.2. The van der Waals surface area contributed by atoms with Crippen molar-refractivity contribution in [3.8, 4) is 0 Å². The van der Waals surface area contributed by atoms with Gasteiger partial charge in [0.05, 0.1) is 11.5 Å². The minimum Gasteiger partial charge on any atom is -0.435 e. The molecule has 2 rings (SSSR count). The highest BCUT2D eigenvalue weighted by Gasteiger charge is 2.66. The van der Waals surface area contributed by atoms with Gasteiger partial charge in [-0.2, -0.15) is 0 Å². The van der Waals surface area contributed by atoms with Crippen LogP contribution in [0.5, 0.6) is 0 Å². The fourth-order valence-corrected chi connectivity index (χ4v) is 2.39. The van der Waals surface area contributed by atoms with Crippen LogP contribution >= 0.6 is 0 Å². The van der Waals surface area contributed by atoms with Crippen LogP contribution in [0.25, 0.3) is 0 Å². The van der Waals surface area contributed by atoms with Gasteiger partial charge in [0.2, 0.25) is 6.29 Å². The quantitative estimate of drug-likeness (QED) is 0.578. The maximum atomic E-state index is 12.0. The molecule has 0 amide bonds. The van der Waals surface area contributed by atoms with E-state index in [2.05, 4.69) is 6.92 Å². The lowest BCUT2D eigenvalue weighted by Gasteiger charge is -2.40. The van der Waals surface area contributed by atoms with Gasteiger partial charge in [-0.05, 0) is 19.3 Å². The Morgan fingerprint density at radius 3 is 2.20 bits per heavy atom. The molecule has 15 heavy (non-hydrogen) atoms. The summed E-state index contributed by atoms with van der Waals surface area (Å²) in [5.74, 6) is 0.342. The highest BCUT2D eigenvalue weighted by atomic mass is 16.7. The number of carbonyl (C=O) groups excluding carboxylic acids is 1. The lowest BCUT2D eigenvalue weighted by atomic mass is 9.91. The first-order valence-electron chi connectivity index (χ1n) is 5.65. The molecule has 1 aliphatic carbocycles. The van der Waals surface area contributed by atoms with Crippen LogP contribution in [0.4, 0.5) is 0 Å². The Labute approximate surface area is 91.1 Å². The summed E-state index contributed by atoms with van der Waals surface area (Å²) in [6.45, 7) is 10.1. The molecular weight excluding hydrogens is 192 g/mol. The Morgan fingerprint density at radius 2 is 1.87 bits per heavy atom. The summed E-state index contributed by atoms with van der Waals surface area (Å²) in [6.07, 6.45) is 0.487. The van der Waals surface area contributed by atoms with E-state index in [9.17, 15) is 4.79 Å². The molecule has 0 aromatic carbocycles. The normalized spacial score (nSPS) is 45.4. The summed E-state index contributed by atoms with van der Waals surface area (Å²) in [5, 5.41) is 0. The SMILES string of the molecule is C[C@@H]1C[C@@]12C(=O)O[C@H](C(C)(C)C)O[C@@H]2C. The monoisotopic (exact) mass is 212 g/mol. The van der Waals surface area contributed by atoms with Crippen LogP contribution in [0.3, 0.4) is 0 Å². The van der Waals surface area contributed by atoms with Crippen molar-refractivity contribution < 1.29 is 14.3 Å². The Morgan fingerprint density at radius 1 is 1.33 bits per heavy atom. The number of esters is 1. The second-order valence-corrected chi connectivity index (χ2v) is 6.03. The summed E-state index contributed by atoms with van der Waals surface area (Å²) < 4.78 is 11.2. The average Bonchev–Trinajstić information content (AvgIpc) is 2.73. The van der Waals surface area contributed by atoms with Crippen LogP contribution in [0.15, 0.2) is 0 Å². The Balaban J connectivity index is 2.15. The van der Waals surface area contributed by atoms with Gasteiger partial charge < -0.3 is 9.47 Å². The summed E-state index contributed by atoms with van der Waals surface area (Å²) in [5.41, 5.74) is -0.481. The van der Waals surface area contributed by atoms with E-state index in [0.29, 0.717) is 5.92 Å². The van der Waals surface area contributed by atoms with Crippen LogP contribution in [-0.2, 0) is 14.3 Å². The van der Waals surface area contributed by atoms with Gasteiger partial charge in [0.15, 0.2) is 0 Å². The number of rotatable bonds is 0. The number of hydrogen-bond donors (Lipinski definition) is 0. The van der Waals surface area contributed by atoms with Gasteiger partial charge >= 0.3 is 5.97 Å². The van der Waals surface area contributed by atoms with Gasteiger partial charge in [0, 0.05) is 5.41 Å². The number of cyclic esters (lactones) is 1. The van der Waals surface area contributed by atoms with Gasteiger partial charge in [-0.15, -0.1) is 0 Å². The van der Waals surface area contributed by atoms with Crippen molar-refractivity contribution in [2.75, 3.05) is 0 Å². The van der Waals surface area contributed by atoms with Crippen LogP contribution in [0, 0.1) is 16.7 Å². The summed E-state index contributed by atoms with van der Waals surface area (Å²) in [6, 6.07) is 0. The van der Waals surface area contributed by atoms with E-state index < -0.39 is 6.29 Å². The topological polar surface area (TPSA) is 35.5 Å². The molecule has 2 aliphatic rings. The van der Waals surface area contributed by atoms with Crippen molar-refractivity contribution >= 4 is 5.97 Å². The third-order valence-corrected chi connectivity index (χ3v) is 3.72. The fraction of sp³-hybridized carbons (Fsp3) is 0.917. The molecular formula is C12H20O3. The Bertz CT molecular complexity index is 292. The number of ether oxygens (including phenoxy) is 2. The maximum Gasteiger partial charge on any atom is 0.317 e. The van der Waals surface area contributed by atoms with Gasteiger partial charge in [-0.1, -0.05) is 27.7 Å². The Hall–Kier alpha value is -0.570.